The van der Waals surface area contributed by atoms with Crippen molar-refractivity contribution >= 4 is 12.2 Å². The van der Waals surface area contributed by atoms with Gasteiger partial charge in [-0.05, 0) is 31.6 Å². The number of carbonyl (C=O) groups is 2. The van der Waals surface area contributed by atoms with E-state index in [2.05, 4.69) is 29.3 Å². The first-order chi connectivity index (χ1) is 11.4. The molecule has 2 amide bonds. The number of methoxy groups -OCH3 is 1. The van der Waals surface area contributed by atoms with E-state index in [-0.39, 0.29) is 23.5 Å². The van der Waals surface area contributed by atoms with Crippen molar-refractivity contribution in [3.63, 3.8) is 0 Å². The third-order valence-electron chi connectivity index (χ3n) is 4.33. The van der Waals surface area contributed by atoms with Gasteiger partial charge in [0.25, 0.3) is 0 Å². The molecule has 1 saturated carbocycles. The Hall–Kier alpha value is -1.54. The van der Waals surface area contributed by atoms with Gasteiger partial charge in [-0.1, -0.05) is 27.7 Å². The summed E-state index contributed by atoms with van der Waals surface area (Å²) >= 11 is 0. The molecular weight excluding hydrogens is 326 g/mol. The molecule has 0 saturated heterocycles. The molecule has 0 aromatic rings. The van der Waals surface area contributed by atoms with Gasteiger partial charge in [-0.15, -0.1) is 0 Å². The molecule has 146 valence electrons. The van der Waals surface area contributed by atoms with E-state index in [4.69, 9.17) is 15.4 Å². The Balaban J connectivity index is 2.64. The molecule has 1 rings (SSSR count). The zero-order valence-electron chi connectivity index (χ0n) is 16.2. The Kier molecular flexibility index (Phi) is 7.08. The molecule has 0 spiro atoms. The van der Waals surface area contributed by atoms with Gasteiger partial charge >= 0.3 is 12.2 Å². The highest BCUT2D eigenvalue weighted by atomic mass is 16.7. The first-order valence-electron chi connectivity index (χ1n) is 8.51. The lowest BCUT2D eigenvalue weighted by atomic mass is 9.67. The number of nitrogens with one attached hydrogen (secondary N) is 2. The van der Waals surface area contributed by atoms with Gasteiger partial charge in [0.15, 0.2) is 0 Å². The molecule has 1 aliphatic carbocycles. The number of rotatable bonds is 6. The first-order valence-corrected chi connectivity index (χ1v) is 8.51. The summed E-state index contributed by atoms with van der Waals surface area (Å²) in [6.07, 6.45) is 0.975. The monoisotopic (exact) mass is 359 g/mol. The fourth-order valence-electron chi connectivity index (χ4n) is 3.86. The van der Waals surface area contributed by atoms with Crippen molar-refractivity contribution in [2.24, 2.45) is 16.7 Å². The van der Waals surface area contributed by atoms with Crippen LogP contribution in [0.1, 0.15) is 53.9 Å². The third kappa shape index (κ3) is 7.48. The first kappa shape index (κ1) is 21.5. The maximum absolute atomic E-state index is 12.2. The molecule has 8 nitrogen and oxygen atoms in total. The molecule has 0 aromatic heterocycles. The number of hydrogen-bond donors (Lipinski definition) is 3. The highest BCUT2D eigenvalue weighted by molar-refractivity contribution is 5.68. The van der Waals surface area contributed by atoms with Crippen molar-refractivity contribution in [3.05, 3.63) is 0 Å². The highest BCUT2D eigenvalue weighted by Gasteiger charge is 2.43. The van der Waals surface area contributed by atoms with E-state index in [9.17, 15) is 9.59 Å². The molecule has 25 heavy (non-hydrogen) atoms. The van der Waals surface area contributed by atoms with Gasteiger partial charge < -0.3 is 24.9 Å². The molecule has 0 aliphatic heterocycles. The molecular formula is C17H33N3O5. The van der Waals surface area contributed by atoms with Crippen molar-refractivity contribution in [3.8, 4) is 0 Å². The minimum absolute atomic E-state index is 0.0673. The van der Waals surface area contributed by atoms with Crippen LogP contribution in [0.3, 0.4) is 0 Å². The molecule has 0 radical (unpaired) electrons. The average molecular weight is 359 g/mol. The van der Waals surface area contributed by atoms with E-state index in [1.54, 1.807) is 7.11 Å². The highest BCUT2D eigenvalue weighted by Crippen LogP contribution is 2.41. The molecule has 4 N–H and O–H groups in total. The Morgan fingerprint density at radius 2 is 1.80 bits per heavy atom. The molecule has 2 atom stereocenters. The predicted molar refractivity (Wildman–Crippen MR) is 93.8 cm³/mol. The van der Waals surface area contributed by atoms with Gasteiger partial charge in [-0.2, -0.15) is 5.90 Å². The number of ether oxygens (including phenoxy) is 2. The van der Waals surface area contributed by atoms with Crippen molar-refractivity contribution in [1.29, 1.82) is 0 Å². The van der Waals surface area contributed by atoms with Crippen molar-refractivity contribution < 1.29 is 23.9 Å². The normalized spacial score (nSPS) is 25.8. The molecule has 1 fully saturated rings. The van der Waals surface area contributed by atoms with Crippen LogP contribution in [-0.4, -0.2) is 44.1 Å². The zero-order chi connectivity index (χ0) is 19.3. The number of alkyl carbamates (subject to hydrolysis) is 1. The second-order valence-electron chi connectivity index (χ2n) is 8.85. The van der Waals surface area contributed by atoms with E-state index >= 15 is 0 Å². The summed E-state index contributed by atoms with van der Waals surface area (Å²) in [5, 5.41) is 5.69. The standard InChI is InChI=1S/C17H33N3O5/c1-15(2)7-12(8-17(5,9-15)20-14(22)25-18)19-13(21)24-11-16(3,4)10-23-6/h12H,7-11,18H2,1-6H3,(H,19,21)(H,20,22). The quantitative estimate of drug-likeness (QED) is 0.628. The summed E-state index contributed by atoms with van der Waals surface area (Å²) in [6, 6.07) is -0.120. The van der Waals surface area contributed by atoms with Crippen LogP contribution in [-0.2, 0) is 14.3 Å². The average Bonchev–Trinajstić information content (AvgIpc) is 2.42. The smallest absolute Gasteiger partial charge is 0.426 e. The summed E-state index contributed by atoms with van der Waals surface area (Å²) in [5.41, 5.74) is -0.841. The summed E-state index contributed by atoms with van der Waals surface area (Å²) in [6.45, 7) is 10.8. The number of carbonyl (C=O) groups excluding carboxylic acids is 2. The Bertz CT molecular complexity index is 481. The van der Waals surface area contributed by atoms with E-state index < -0.39 is 17.7 Å². The van der Waals surface area contributed by atoms with Gasteiger partial charge in [-0.3, -0.25) is 0 Å². The van der Waals surface area contributed by atoms with Gasteiger partial charge in [0.1, 0.15) is 6.61 Å². The Morgan fingerprint density at radius 1 is 1.16 bits per heavy atom. The van der Waals surface area contributed by atoms with E-state index in [1.807, 2.05) is 20.8 Å². The van der Waals surface area contributed by atoms with Crippen LogP contribution in [0.2, 0.25) is 0 Å². The van der Waals surface area contributed by atoms with Gasteiger partial charge in [0.2, 0.25) is 0 Å². The summed E-state index contributed by atoms with van der Waals surface area (Å²) in [7, 11) is 1.62. The lowest BCUT2D eigenvalue weighted by Crippen LogP contribution is -2.57. The molecule has 2 unspecified atom stereocenters. The van der Waals surface area contributed by atoms with Crippen LogP contribution in [0.15, 0.2) is 0 Å². The van der Waals surface area contributed by atoms with Gasteiger partial charge in [-0.25, -0.2) is 9.59 Å². The van der Waals surface area contributed by atoms with Crippen LogP contribution in [0.4, 0.5) is 9.59 Å². The molecule has 1 aliphatic rings. The fourth-order valence-corrected chi connectivity index (χ4v) is 3.86. The number of nitrogens with two attached hydrogens (primary N) is 1. The molecule has 8 heteroatoms. The van der Waals surface area contributed by atoms with Crippen LogP contribution in [0, 0.1) is 10.8 Å². The largest absolute Gasteiger partial charge is 0.449 e. The van der Waals surface area contributed by atoms with E-state index in [0.29, 0.717) is 13.0 Å². The maximum atomic E-state index is 12.2. The summed E-state index contributed by atoms with van der Waals surface area (Å²) in [4.78, 5) is 27.9. The molecule has 0 bridgehead atoms. The van der Waals surface area contributed by atoms with Crippen LogP contribution >= 0.6 is 0 Å². The number of amides is 2. The Labute approximate surface area is 150 Å². The third-order valence-corrected chi connectivity index (χ3v) is 4.33. The van der Waals surface area contributed by atoms with Crippen LogP contribution < -0.4 is 16.5 Å². The van der Waals surface area contributed by atoms with Crippen LogP contribution in [0.5, 0.6) is 0 Å². The lowest BCUT2D eigenvalue weighted by Gasteiger charge is -2.46. The topological polar surface area (TPSA) is 112 Å². The van der Waals surface area contributed by atoms with Gasteiger partial charge in [0.05, 0.1) is 6.61 Å². The number of hydrogen-bond acceptors (Lipinski definition) is 6. The summed E-state index contributed by atoms with van der Waals surface area (Å²) < 4.78 is 10.5. The van der Waals surface area contributed by atoms with E-state index in [0.717, 1.165) is 12.8 Å². The predicted octanol–water partition coefficient (Wildman–Crippen LogP) is 2.32. The second-order valence-corrected chi connectivity index (χ2v) is 8.85. The fraction of sp³-hybridized carbons (Fsp3) is 0.882. The maximum Gasteiger partial charge on any atom is 0.426 e. The van der Waals surface area contributed by atoms with Crippen molar-refractivity contribution in [1.82, 2.24) is 10.6 Å². The lowest BCUT2D eigenvalue weighted by molar-refractivity contribution is 0.0354. The molecule has 0 aromatic carbocycles. The minimum atomic E-state index is -0.678. The summed E-state index contributed by atoms with van der Waals surface area (Å²) in [5.74, 6) is 4.92. The SMILES string of the molecule is COCC(C)(C)COC(=O)NC1CC(C)(C)CC(C)(NC(=O)ON)C1. The van der Waals surface area contributed by atoms with E-state index in [1.165, 1.54) is 0 Å². The van der Waals surface area contributed by atoms with Crippen molar-refractivity contribution in [2.45, 2.75) is 65.5 Å². The molecule has 0 heterocycles. The minimum Gasteiger partial charge on any atom is -0.449 e. The van der Waals surface area contributed by atoms with Crippen LogP contribution in [0.25, 0.3) is 0 Å². The Morgan fingerprint density at radius 3 is 2.36 bits per heavy atom. The zero-order valence-corrected chi connectivity index (χ0v) is 16.2. The van der Waals surface area contributed by atoms with Gasteiger partial charge in [0, 0.05) is 24.1 Å². The van der Waals surface area contributed by atoms with Crippen molar-refractivity contribution in [2.75, 3.05) is 20.3 Å². The second kappa shape index (κ2) is 8.23.